The molecular formula is C14H11Cl2NO2S. The third kappa shape index (κ3) is 3.60. The Morgan fingerprint density at radius 1 is 1.00 bits per heavy atom. The number of hydrogen-bond donors (Lipinski definition) is 0. The van der Waals surface area contributed by atoms with E-state index in [1.54, 1.807) is 36.4 Å². The zero-order chi connectivity index (χ0) is 14.8. The first-order valence-corrected chi connectivity index (χ1v) is 7.91. The van der Waals surface area contributed by atoms with Crippen LogP contribution in [-0.2, 0) is 10.0 Å². The van der Waals surface area contributed by atoms with Gasteiger partial charge in [-0.2, -0.15) is 8.42 Å². The summed E-state index contributed by atoms with van der Waals surface area (Å²) in [5, 5.41) is 0.446. The molecule has 104 valence electrons. The smallest absolute Gasteiger partial charge is 0.199 e. The lowest BCUT2D eigenvalue weighted by Crippen LogP contribution is -2.01. The van der Waals surface area contributed by atoms with Crippen LogP contribution in [0.5, 0.6) is 0 Å². The van der Waals surface area contributed by atoms with E-state index in [0.29, 0.717) is 10.6 Å². The monoisotopic (exact) mass is 327 g/mol. The van der Waals surface area contributed by atoms with E-state index in [4.69, 9.17) is 23.2 Å². The molecule has 0 amide bonds. The van der Waals surface area contributed by atoms with E-state index in [-0.39, 0.29) is 10.1 Å². The van der Waals surface area contributed by atoms with Gasteiger partial charge in [-0.15, -0.1) is 4.40 Å². The molecule has 2 rings (SSSR count). The molecule has 0 radical (unpaired) electrons. The number of halogens is 2. The summed E-state index contributed by atoms with van der Waals surface area (Å²) < 4.78 is 27.8. The summed E-state index contributed by atoms with van der Waals surface area (Å²) in [5.74, 6) is 0. The fourth-order valence-corrected chi connectivity index (χ4v) is 2.93. The van der Waals surface area contributed by atoms with Crippen molar-refractivity contribution in [2.24, 2.45) is 4.40 Å². The van der Waals surface area contributed by atoms with E-state index in [0.717, 1.165) is 5.56 Å². The molecule has 0 aromatic heterocycles. The van der Waals surface area contributed by atoms with Crippen LogP contribution in [0.25, 0.3) is 0 Å². The van der Waals surface area contributed by atoms with E-state index in [1.165, 1.54) is 12.1 Å². The molecule has 0 heterocycles. The van der Waals surface area contributed by atoms with E-state index in [1.807, 2.05) is 6.92 Å². The van der Waals surface area contributed by atoms with Crippen LogP contribution in [0.3, 0.4) is 0 Å². The molecule has 6 heteroatoms. The Bertz CT molecular complexity index is 736. The third-order valence-electron chi connectivity index (χ3n) is 2.60. The molecule has 0 saturated heterocycles. The molecule has 3 nitrogen and oxygen atoms in total. The Hall–Kier alpha value is -1.36. The lowest BCUT2D eigenvalue weighted by atomic mass is 10.2. The first-order valence-electron chi connectivity index (χ1n) is 5.71. The number of nitrogens with zero attached hydrogens (tertiary/aromatic N) is 1. The highest BCUT2D eigenvalue weighted by molar-refractivity contribution is 7.90. The van der Waals surface area contributed by atoms with Crippen LogP contribution in [0.4, 0.5) is 0 Å². The van der Waals surface area contributed by atoms with Gasteiger partial charge in [0.25, 0.3) is 10.0 Å². The molecule has 20 heavy (non-hydrogen) atoms. The molecule has 2 aromatic carbocycles. The number of benzene rings is 2. The highest BCUT2D eigenvalue weighted by Crippen LogP contribution is 2.17. The molecule has 0 unspecified atom stereocenters. The van der Waals surface area contributed by atoms with Gasteiger partial charge in [0.1, 0.15) is 5.17 Å². The fourth-order valence-electron chi connectivity index (χ4n) is 1.51. The van der Waals surface area contributed by atoms with Crippen molar-refractivity contribution in [3.05, 3.63) is 64.7 Å². The molecular weight excluding hydrogens is 317 g/mol. The molecule has 0 bridgehead atoms. The molecule has 0 saturated carbocycles. The average Bonchev–Trinajstić information content (AvgIpc) is 2.39. The van der Waals surface area contributed by atoms with Crippen LogP contribution in [0.2, 0.25) is 5.02 Å². The highest BCUT2D eigenvalue weighted by Gasteiger charge is 2.14. The van der Waals surface area contributed by atoms with Gasteiger partial charge in [-0.1, -0.05) is 53.0 Å². The van der Waals surface area contributed by atoms with Crippen molar-refractivity contribution in [3.63, 3.8) is 0 Å². The first kappa shape index (κ1) is 15.0. The molecule has 0 aliphatic heterocycles. The Balaban J connectivity index is 2.37. The Morgan fingerprint density at radius 3 is 2.10 bits per heavy atom. The van der Waals surface area contributed by atoms with Crippen LogP contribution in [-0.4, -0.2) is 13.6 Å². The van der Waals surface area contributed by atoms with Crippen molar-refractivity contribution >= 4 is 38.4 Å². The second-order valence-electron chi connectivity index (χ2n) is 4.18. The van der Waals surface area contributed by atoms with E-state index in [2.05, 4.69) is 4.40 Å². The second-order valence-corrected chi connectivity index (χ2v) is 6.58. The zero-order valence-electron chi connectivity index (χ0n) is 10.5. The van der Waals surface area contributed by atoms with Crippen molar-refractivity contribution in [2.45, 2.75) is 11.8 Å². The maximum absolute atomic E-state index is 12.1. The summed E-state index contributed by atoms with van der Waals surface area (Å²) in [6.07, 6.45) is 0. The van der Waals surface area contributed by atoms with E-state index in [9.17, 15) is 8.42 Å². The number of hydrogen-bond acceptors (Lipinski definition) is 2. The van der Waals surface area contributed by atoms with E-state index >= 15 is 0 Å². The summed E-state index contributed by atoms with van der Waals surface area (Å²) in [7, 11) is -3.81. The predicted octanol–water partition coefficient (Wildman–Crippen LogP) is 4.02. The zero-order valence-corrected chi connectivity index (χ0v) is 12.9. The van der Waals surface area contributed by atoms with Crippen molar-refractivity contribution in [2.75, 3.05) is 0 Å². The average molecular weight is 328 g/mol. The van der Waals surface area contributed by atoms with Gasteiger partial charge >= 0.3 is 0 Å². The number of sulfonamides is 1. The maximum Gasteiger partial charge on any atom is 0.283 e. The van der Waals surface area contributed by atoms with Crippen LogP contribution < -0.4 is 0 Å². The molecule has 0 atom stereocenters. The lowest BCUT2D eigenvalue weighted by Gasteiger charge is -2.02. The van der Waals surface area contributed by atoms with Gasteiger partial charge in [0.2, 0.25) is 0 Å². The molecule has 0 spiro atoms. The second kappa shape index (κ2) is 5.95. The first-order chi connectivity index (χ1) is 9.38. The minimum absolute atomic E-state index is 0.0951. The minimum atomic E-state index is -3.81. The number of rotatable bonds is 3. The SMILES string of the molecule is Cc1ccc(S(=O)(=O)N=C(Cl)c2ccc(Cl)cc2)cc1. The molecule has 0 N–H and O–H groups in total. The van der Waals surface area contributed by atoms with Crippen LogP contribution >= 0.6 is 23.2 Å². The normalized spacial score (nSPS) is 12.4. The quantitative estimate of drug-likeness (QED) is 0.799. The van der Waals surface area contributed by atoms with Crippen molar-refractivity contribution < 1.29 is 8.42 Å². The van der Waals surface area contributed by atoms with Gasteiger partial charge in [0.05, 0.1) is 4.90 Å². The topological polar surface area (TPSA) is 46.5 Å². The largest absolute Gasteiger partial charge is 0.283 e. The Labute approximate surface area is 127 Å². The standard InChI is InChI=1S/C14H11Cl2NO2S/c1-10-2-8-13(9-3-10)20(18,19)17-14(16)11-4-6-12(15)7-5-11/h2-9H,1H3. The highest BCUT2D eigenvalue weighted by atomic mass is 35.5. The Kier molecular flexibility index (Phi) is 4.48. The molecule has 0 aliphatic carbocycles. The van der Waals surface area contributed by atoms with Crippen molar-refractivity contribution in [3.8, 4) is 0 Å². The maximum atomic E-state index is 12.1. The van der Waals surface area contributed by atoms with Gasteiger partial charge in [-0.25, -0.2) is 0 Å². The molecule has 0 fully saturated rings. The van der Waals surface area contributed by atoms with Crippen molar-refractivity contribution in [1.82, 2.24) is 0 Å². The predicted molar refractivity (Wildman–Crippen MR) is 82.2 cm³/mol. The minimum Gasteiger partial charge on any atom is -0.199 e. The van der Waals surface area contributed by atoms with Gasteiger partial charge in [0.15, 0.2) is 0 Å². The van der Waals surface area contributed by atoms with Crippen LogP contribution in [0, 0.1) is 6.92 Å². The van der Waals surface area contributed by atoms with Gasteiger partial charge < -0.3 is 0 Å². The van der Waals surface area contributed by atoms with Crippen LogP contribution in [0.1, 0.15) is 11.1 Å². The number of aryl methyl sites for hydroxylation is 1. The van der Waals surface area contributed by atoms with Crippen LogP contribution in [0.15, 0.2) is 57.8 Å². The van der Waals surface area contributed by atoms with Crippen molar-refractivity contribution in [1.29, 1.82) is 0 Å². The summed E-state index contributed by atoms with van der Waals surface area (Å²) in [5.41, 5.74) is 1.46. The van der Waals surface area contributed by atoms with E-state index < -0.39 is 10.0 Å². The molecule has 2 aromatic rings. The summed E-state index contributed by atoms with van der Waals surface area (Å²) in [4.78, 5) is 0.107. The fraction of sp³-hybridized carbons (Fsp3) is 0.0714. The van der Waals surface area contributed by atoms with Gasteiger partial charge in [0, 0.05) is 10.6 Å². The Morgan fingerprint density at radius 2 is 1.55 bits per heavy atom. The summed E-state index contributed by atoms with van der Waals surface area (Å²) >= 11 is 11.7. The van der Waals surface area contributed by atoms with Gasteiger partial charge in [-0.3, -0.25) is 0 Å². The molecule has 0 aliphatic rings. The summed E-state index contributed by atoms with van der Waals surface area (Å²) in [6.45, 7) is 1.88. The summed E-state index contributed by atoms with van der Waals surface area (Å²) in [6, 6.07) is 12.9. The van der Waals surface area contributed by atoms with Gasteiger partial charge in [-0.05, 0) is 31.2 Å². The lowest BCUT2D eigenvalue weighted by molar-refractivity contribution is 0.598. The third-order valence-corrected chi connectivity index (χ3v) is 4.55.